The first kappa shape index (κ1) is 10.8. The number of nitrogens with zero attached hydrogens (tertiary/aromatic N) is 2. The summed E-state index contributed by atoms with van der Waals surface area (Å²) in [4.78, 5) is 0. The number of hydrogen-bond acceptors (Lipinski definition) is 5. The quantitative estimate of drug-likeness (QED) is 0.876. The second kappa shape index (κ2) is 4.86. The molecule has 4 nitrogen and oxygen atoms in total. The van der Waals surface area contributed by atoms with Crippen molar-refractivity contribution in [2.75, 3.05) is 0 Å². The van der Waals surface area contributed by atoms with E-state index in [0.717, 1.165) is 9.32 Å². The van der Waals surface area contributed by atoms with E-state index in [-0.39, 0.29) is 6.61 Å². The highest BCUT2D eigenvalue weighted by Gasteiger charge is 2.04. The summed E-state index contributed by atoms with van der Waals surface area (Å²) < 4.78 is 6.59. The van der Waals surface area contributed by atoms with Crippen LogP contribution in [0.15, 0.2) is 24.3 Å². The van der Waals surface area contributed by atoms with E-state index < -0.39 is 0 Å². The molecule has 0 atom stereocenters. The second-order valence-electron chi connectivity index (χ2n) is 2.68. The van der Waals surface area contributed by atoms with Crippen LogP contribution in [0.3, 0.4) is 0 Å². The van der Waals surface area contributed by atoms with Crippen molar-refractivity contribution in [2.24, 2.45) is 0 Å². The Labute approximate surface area is 104 Å². The molecule has 1 aromatic heterocycles. The van der Waals surface area contributed by atoms with Crippen molar-refractivity contribution in [3.8, 4) is 10.9 Å². The Morgan fingerprint density at radius 1 is 1.27 bits per heavy atom. The fourth-order valence-corrected chi connectivity index (χ4v) is 1.87. The van der Waals surface area contributed by atoms with Crippen molar-refractivity contribution in [2.45, 2.75) is 6.61 Å². The average Bonchev–Trinajstić information content (AvgIpc) is 2.69. The van der Waals surface area contributed by atoms with E-state index in [0.29, 0.717) is 10.2 Å². The van der Waals surface area contributed by atoms with Crippen LogP contribution in [0.4, 0.5) is 0 Å². The van der Waals surface area contributed by atoms with Crippen molar-refractivity contribution in [1.29, 1.82) is 0 Å². The number of aliphatic hydroxyl groups excluding tert-OH is 1. The number of aromatic nitrogens is 2. The Bertz CT molecular complexity index is 444. The topological polar surface area (TPSA) is 55.2 Å². The molecule has 2 rings (SSSR count). The molecular weight excluding hydrogens is 327 g/mol. The Kier molecular flexibility index (Phi) is 3.49. The third kappa shape index (κ3) is 2.86. The predicted molar refractivity (Wildman–Crippen MR) is 65.1 cm³/mol. The van der Waals surface area contributed by atoms with Crippen molar-refractivity contribution >= 4 is 33.9 Å². The predicted octanol–water partition coefficient (Wildman–Crippen LogP) is 2.43. The largest absolute Gasteiger partial charge is 0.430 e. The lowest BCUT2D eigenvalue weighted by Gasteiger charge is -1.99. The summed E-state index contributed by atoms with van der Waals surface area (Å²) in [5, 5.41) is 17.3. The van der Waals surface area contributed by atoms with Crippen LogP contribution in [0.1, 0.15) is 5.01 Å². The van der Waals surface area contributed by atoms with Crippen LogP contribution >= 0.6 is 33.9 Å². The van der Waals surface area contributed by atoms with Gasteiger partial charge in [0.2, 0.25) is 0 Å². The van der Waals surface area contributed by atoms with Gasteiger partial charge in [-0.2, -0.15) is 0 Å². The molecule has 1 aromatic carbocycles. The highest BCUT2D eigenvalue weighted by Crippen LogP contribution is 2.25. The van der Waals surface area contributed by atoms with Crippen molar-refractivity contribution < 1.29 is 9.84 Å². The molecular formula is C9H7IN2O2S. The molecule has 15 heavy (non-hydrogen) atoms. The van der Waals surface area contributed by atoms with Crippen LogP contribution in [0.5, 0.6) is 10.9 Å². The molecule has 0 spiro atoms. The smallest absolute Gasteiger partial charge is 0.299 e. The van der Waals surface area contributed by atoms with Gasteiger partial charge in [-0.15, -0.1) is 5.10 Å². The molecule has 1 heterocycles. The zero-order valence-electron chi connectivity index (χ0n) is 7.55. The fraction of sp³-hybridized carbons (Fsp3) is 0.111. The number of benzene rings is 1. The lowest BCUT2D eigenvalue weighted by molar-refractivity contribution is 0.280. The normalized spacial score (nSPS) is 10.3. The first-order valence-corrected chi connectivity index (χ1v) is 6.04. The molecule has 6 heteroatoms. The maximum absolute atomic E-state index is 8.80. The third-order valence-corrected chi connectivity index (χ3v) is 3.11. The fourth-order valence-electron chi connectivity index (χ4n) is 0.947. The molecule has 0 fully saturated rings. The van der Waals surface area contributed by atoms with Crippen LogP contribution in [-0.2, 0) is 6.61 Å². The zero-order valence-corrected chi connectivity index (χ0v) is 10.5. The monoisotopic (exact) mass is 334 g/mol. The molecule has 0 aliphatic heterocycles. The summed E-state index contributed by atoms with van der Waals surface area (Å²) in [6.07, 6.45) is 0. The SMILES string of the molecule is OCc1nnc(Oc2ccc(I)cc2)s1. The summed E-state index contributed by atoms with van der Waals surface area (Å²) in [6.45, 7) is -0.103. The molecule has 1 N–H and O–H groups in total. The minimum atomic E-state index is -0.103. The van der Waals surface area contributed by atoms with Crippen molar-refractivity contribution in [3.63, 3.8) is 0 Å². The summed E-state index contributed by atoms with van der Waals surface area (Å²) >= 11 is 3.46. The van der Waals surface area contributed by atoms with Crippen LogP contribution in [0.25, 0.3) is 0 Å². The third-order valence-electron chi connectivity index (χ3n) is 1.60. The Hall–Kier alpha value is -0.730. The molecule has 0 bridgehead atoms. The standard InChI is InChI=1S/C9H7IN2O2S/c10-6-1-3-7(4-2-6)14-9-12-11-8(5-13)15-9/h1-4,13H,5H2. The average molecular weight is 334 g/mol. The van der Waals surface area contributed by atoms with Crippen LogP contribution < -0.4 is 4.74 Å². The molecule has 0 amide bonds. The number of aliphatic hydroxyl groups is 1. The van der Waals surface area contributed by atoms with Gasteiger partial charge < -0.3 is 9.84 Å². The first-order valence-electron chi connectivity index (χ1n) is 4.14. The molecule has 0 radical (unpaired) electrons. The van der Waals surface area contributed by atoms with Gasteiger partial charge in [-0.25, -0.2) is 0 Å². The highest BCUT2D eigenvalue weighted by atomic mass is 127. The maximum Gasteiger partial charge on any atom is 0.299 e. The highest BCUT2D eigenvalue weighted by molar-refractivity contribution is 14.1. The lowest BCUT2D eigenvalue weighted by Crippen LogP contribution is -1.83. The number of rotatable bonds is 3. The van der Waals surface area contributed by atoms with Gasteiger partial charge in [0.25, 0.3) is 5.19 Å². The van der Waals surface area contributed by atoms with E-state index in [2.05, 4.69) is 32.8 Å². The number of ether oxygens (including phenoxy) is 1. The second-order valence-corrected chi connectivity index (χ2v) is 4.95. The van der Waals surface area contributed by atoms with E-state index in [1.807, 2.05) is 24.3 Å². The van der Waals surface area contributed by atoms with E-state index in [4.69, 9.17) is 9.84 Å². The van der Waals surface area contributed by atoms with Gasteiger partial charge in [0.05, 0.1) is 6.61 Å². The molecule has 2 aromatic rings. The van der Waals surface area contributed by atoms with Gasteiger partial charge in [-0.05, 0) is 46.9 Å². The van der Waals surface area contributed by atoms with E-state index >= 15 is 0 Å². The van der Waals surface area contributed by atoms with Gasteiger partial charge >= 0.3 is 0 Å². The molecule has 0 aliphatic rings. The van der Waals surface area contributed by atoms with Crippen molar-refractivity contribution in [3.05, 3.63) is 32.8 Å². The Morgan fingerprint density at radius 2 is 2.00 bits per heavy atom. The molecule has 78 valence electrons. The van der Waals surface area contributed by atoms with E-state index in [9.17, 15) is 0 Å². The van der Waals surface area contributed by atoms with Gasteiger partial charge in [-0.3, -0.25) is 0 Å². The van der Waals surface area contributed by atoms with Crippen LogP contribution in [0.2, 0.25) is 0 Å². The van der Waals surface area contributed by atoms with E-state index in [1.165, 1.54) is 11.3 Å². The lowest BCUT2D eigenvalue weighted by atomic mass is 10.3. The number of halogens is 1. The van der Waals surface area contributed by atoms with E-state index in [1.54, 1.807) is 0 Å². The van der Waals surface area contributed by atoms with Crippen molar-refractivity contribution in [1.82, 2.24) is 10.2 Å². The van der Waals surface area contributed by atoms with Gasteiger partial charge in [0.1, 0.15) is 10.8 Å². The minimum Gasteiger partial charge on any atom is -0.430 e. The minimum absolute atomic E-state index is 0.103. The first-order chi connectivity index (χ1) is 7.28. The van der Waals surface area contributed by atoms with Gasteiger partial charge in [0, 0.05) is 3.57 Å². The summed E-state index contributed by atoms with van der Waals surface area (Å²) in [6, 6.07) is 7.62. The Balaban J connectivity index is 2.11. The summed E-state index contributed by atoms with van der Waals surface area (Å²) in [5.41, 5.74) is 0. The van der Waals surface area contributed by atoms with Gasteiger partial charge in [0.15, 0.2) is 0 Å². The molecule has 0 saturated heterocycles. The molecule has 0 saturated carbocycles. The molecule has 0 aliphatic carbocycles. The summed E-state index contributed by atoms with van der Waals surface area (Å²) in [7, 11) is 0. The van der Waals surface area contributed by atoms with Gasteiger partial charge in [-0.1, -0.05) is 16.4 Å². The van der Waals surface area contributed by atoms with Crippen LogP contribution in [-0.4, -0.2) is 15.3 Å². The number of hydrogen-bond donors (Lipinski definition) is 1. The zero-order chi connectivity index (χ0) is 10.7. The summed E-state index contributed by atoms with van der Waals surface area (Å²) in [5.74, 6) is 0.719. The Morgan fingerprint density at radius 3 is 2.60 bits per heavy atom. The maximum atomic E-state index is 8.80. The molecule has 0 unspecified atom stereocenters. The van der Waals surface area contributed by atoms with Crippen LogP contribution in [0, 0.1) is 3.57 Å².